The second-order valence-electron chi connectivity index (χ2n) is 3.46. The van der Waals surface area contributed by atoms with Gasteiger partial charge in [0.2, 0.25) is 6.41 Å². The molecule has 0 aliphatic heterocycles. The van der Waals surface area contributed by atoms with Gasteiger partial charge in [0.05, 0.1) is 0 Å². The Morgan fingerprint density at radius 3 is 2.81 bits per heavy atom. The fourth-order valence-corrected chi connectivity index (χ4v) is 1.62. The van der Waals surface area contributed by atoms with Crippen molar-refractivity contribution in [2.75, 3.05) is 0 Å². The smallest absolute Gasteiger partial charge is 0.211 e. The predicted molar refractivity (Wildman–Crippen MR) is 63.8 cm³/mol. The van der Waals surface area contributed by atoms with Crippen LogP contribution in [0.4, 0.5) is 0 Å². The number of aromatic hydroxyl groups is 1. The monoisotopic (exact) mass is 213 g/mol. The molecule has 0 fully saturated rings. The summed E-state index contributed by atoms with van der Waals surface area (Å²) in [5.74, 6) is 0.182. The molecule has 80 valence electrons. The van der Waals surface area contributed by atoms with E-state index in [1.807, 2.05) is 30.3 Å². The molecule has 3 heteroatoms. The Morgan fingerprint density at radius 1 is 1.31 bits per heavy atom. The fraction of sp³-hybridized carbons (Fsp3) is 0. The number of amides is 1. The standard InChI is InChI=1S/C13H11NO2/c1-9(14-8-15)11-6-10-4-2-3-5-12(10)13(16)7-11/h2-8,16H,1H2,(H,14,15). The van der Waals surface area contributed by atoms with E-state index in [0.717, 1.165) is 10.8 Å². The van der Waals surface area contributed by atoms with Gasteiger partial charge in [-0.15, -0.1) is 0 Å². The van der Waals surface area contributed by atoms with Crippen LogP contribution < -0.4 is 5.32 Å². The maximum absolute atomic E-state index is 10.3. The third-order valence-electron chi connectivity index (χ3n) is 2.42. The normalized spacial score (nSPS) is 10.0. The molecule has 0 aliphatic rings. The maximum Gasteiger partial charge on any atom is 0.211 e. The third kappa shape index (κ3) is 1.75. The van der Waals surface area contributed by atoms with Crippen LogP contribution in [0.5, 0.6) is 5.75 Å². The summed E-state index contributed by atoms with van der Waals surface area (Å²) < 4.78 is 0. The van der Waals surface area contributed by atoms with E-state index >= 15 is 0 Å². The van der Waals surface area contributed by atoms with Gasteiger partial charge in [-0.3, -0.25) is 4.79 Å². The van der Waals surface area contributed by atoms with E-state index in [1.54, 1.807) is 6.07 Å². The van der Waals surface area contributed by atoms with Gasteiger partial charge < -0.3 is 10.4 Å². The van der Waals surface area contributed by atoms with Gasteiger partial charge >= 0.3 is 0 Å². The number of hydrogen-bond donors (Lipinski definition) is 2. The molecule has 2 rings (SSSR count). The molecule has 0 atom stereocenters. The van der Waals surface area contributed by atoms with E-state index in [0.29, 0.717) is 17.7 Å². The fourth-order valence-electron chi connectivity index (χ4n) is 1.62. The first kappa shape index (κ1) is 10.2. The highest BCUT2D eigenvalue weighted by Crippen LogP contribution is 2.28. The average Bonchev–Trinajstić information content (AvgIpc) is 2.29. The summed E-state index contributed by atoms with van der Waals surface area (Å²) in [7, 11) is 0. The molecule has 0 aliphatic carbocycles. The van der Waals surface area contributed by atoms with Crippen molar-refractivity contribution in [3.63, 3.8) is 0 Å². The number of phenolic OH excluding ortho intramolecular Hbond substituents is 1. The minimum atomic E-state index is 0.182. The predicted octanol–water partition coefficient (Wildman–Crippen LogP) is 2.26. The molecular weight excluding hydrogens is 202 g/mol. The third-order valence-corrected chi connectivity index (χ3v) is 2.42. The Bertz CT molecular complexity index is 561. The van der Waals surface area contributed by atoms with Crippen molar-refractivity contribution < 1.29 is 9.90 Å². The summed E-state index contributed by atoms with van der Waals surface area (Å²) in [4.78, 5) is 10.3. The molecule has 0 saturated heterocycles. The van der Waals surface area contributed by atoms with Crippen molar-refractivity contribution in [3.8, 4) is 5.75 Å². The van der Waals surface area contributed by atoms with Gasteiger partial charge in [-0.1, -0.05) is 30.8 Å². The molecule has 0 heterocycles. The number of benzene rings is 2. The van der Waals surface area contributed by atoms with Crippen LogP contribution in [0.2, 0.25) is 0 Å². The van der Waals surface area contributed by atoms with Gasteiger partial charge in [0.25, 0.3) is 0 Å². The first-order valence-electron chi connectivity index (χ1n) is 4.83. The van der Waals surface area contributed by atoms with Crippen LogP contribution in [-0.4, -0.2) is 11.5 Å². The molecule has 0 bridgehead atoms. The summed E-state index contributed by atoms with van der Waals surface area (Å²) >= 11 is 0. The Hall–Kier alpha value is -2.29. The lowest BCUT2D eigenvalue weighted by Crippen LogP contribution is -2.07. The summed E-state index contributed by atoms with van der Waals surface area (Å²) in [6.07, 6.45) is 0.564. The summed E-state index contributed by atoms with van der Waals surface area (Å²) in [5.41, 5.74) is 1.17. The van der Waals surface area contributed by atoms with Crippen molar-refractivity contribution in [2.24, 2.45) is 0 Å². The van der Waals surface area contributed by atoms with E-state index in [-0.39, 0.29) is 5.75 Å². The topological polar surface area (TPSA) is 49.3 Å². The van der Waals surface area contributed by atoms with E-state index < -0.39 is 0 Å². The van der Waals surface area contributed by atoms with E-state index in [4.69, 9.17) is 0 Å². The van der Waals surface area contributed by atoms with Gasteiger partial charge in [0, 0.05) is 16.6 Å². The summed E-state index contributed by atoms with van der Waals surface area (Å²) in [6, 6.07) is 10.9. The molecule has 2 aromatic carbocycles. The van der Waals surface area contributed by atoms with Crippen molar-refractivity contribution in [3.05, 3.63) is 48.5 Å². The van der Waals surface area contributed by atoms with Crippen molar-refractivity contribution >= 4 is 22.9 Å². The average molecular weight is 213 g/mol. The molecule has 1 amide bonds. The molecule has 0 radical (unpaired) electrons. The molecular formula is C13H11NO2. The molecule has 16 heavy (non-hydrogen) atoms. The molecule has 0 aromatic heterocycles. The van der Waals surface area contributed by atoms with E-state index in [9.17, 15) is 9.90 Å². The number of fused-ring (bicyclic) bond motifs is 1. The molecule has 0 saturated carbocycles. The minimum Gasteiger partial charge on any atom is -0.507 e. The van der Waals surface area contributed by atoms with Gasteiger partial charge in [-0.05, 0) is 17.5 Å². The Balaban J connectivity index is 2.57. The largest absolute Gasteiger partial charge is 0.507 e. The SMILES string of the molecule is C=C(NC=O)c1cc(O)c2ccccc2c1. The van der Waals surface area contributed by atoms with Crippen LogP contribution in [-0.2, 0) is 4.79 Å². The van der Waals surface area contributed by atoms with E-state index in [1.165, 1.54) is 0 Å². The molecule has 0 unspecified atom stereocenters. The molecule has 3 nitrogen and oxygen atoms in total. The summed E-state index contributed by atoms with van der Waals surface area (Å²) in [6.45, 7) is 3.71. The Morgan fingerprint density at radius 2 is 2.06 bits per heavy atom. The van der Waals surface area contributed by atoms with Crippen LogP contribution in [0.1, 0.15) is 5.56 Å². The second kappa shape index (κ2) is 4.06. The van der Waals surface area contributed by atoms with Crippen molar-refractivity contribution in [1.29, 1.82) is 0 Å². The van der Waals surface area contributed by atoms with Gasteiger partial charge in [-0.2, -0.15) is 0 Å². The van der Waals surface area contributed by atoms with Crippen molar-refractivity contribution in [2.45, 2.75) is 0 Å². The first-order chi connectivity index (χ1) is 7.72. The van der Waals surface area contributed by atoms with Gasteiger partial charge in [0.15, 0.2) is 0 Å². The quantitative estimate of drug-likeness (QED) is 0.768. The zero-order valence-corrected chi connectivity index (χ0v) is 8.60. The Kier molecular flexibility index (Phi) is 2.60. The second-order valence-corrected chi connectivity index (χ2v) is 3.46. The zero-order chi connectivity index (χ0) is 11.5. The minimum absolute atomic E-state index is 0.182. The van der Waals surface area contributed by atoms with Crippen LogP contribution in [0, 0.1) is 0 Å². The number of nitrogens with one attached hydrogen (secondary N) is 1. The van der Waals surface area contributed by atoms with Crippen LogP contribution >= 0.6 is 0 Å². The highest BCUT2D eigenvalue weighted by molar-refractivity contribution is 5.91. The number of rotatable bonds is 3. The lowest BCUT2D eigenvalue weighted by molar-refractivity contribution is -0.108. The number of hydrogen-bond acceptors (Lipinski definition) is 2. The summed E-state index contributed by atoms with van der Waals surface area (Å²) in [5, 5.41) is 14.0. The van der Waals surface area contributed by atoms with Crippen LogP contribution in [0.3, 0.4) is 0 Å². The van der Waals surface area contributed by atoms with E-state index in [2.05, 4.69) is 11.9 Å². The zero-order valence-electron chi connectivity index (χ0n) is 8.60. The van der Waals surface area contributed by atoms with Gasteiger partial charge in [0.1, 0.15) is 5.75 Å². The number of phenols is 1. The highest BCUT2D eigenvalue weighted by atomic mass is 16.3. The van der Waals surface area contributed by atoms with Crippen LogP contribution in [0.15, 0.2) is 43.0 Å². The molecule has 2 N–H and O–H groups in total. The first-order valence-corrected chi connectivity index (χ1v) is 4.83. The lowest BCUT2D eigenvalue weighted by atomic mass is 10.0. The molecule has 0 spiro atoms. The molecule has 2 aromatic rings. The van der Waals surface area contributed by atoms with Crippen LogP contribution in [0.25, 0.3) is 16.5 Å². The number of carbonyl (C=O) groups excluding carboxylic acids is 1. The highest BCUT2D eigenvalue weighted by Gasteiger charge is 2.04. The van der Waals surface area contributed by atoms with Gasteiger partial charge in [-0.25, -0.2) is 0 Å². The number of carbonyl (C=O) groups is 1. The van der Waals surface area contributed by atoms with Crippen molar-refractivity contribution in [1.82, 2.24) is 5.32 Å². The lowest BCUT2D eigenvalue weighted by Gasteiger charge is -2.07. The Labute approximate surface area is 93.0 Å². The maximum atomic E-state index is 10.3.